The van der Waals surface area contributed by atoms with Crippen molar-refractivity contribution in [3.63, 3.8) is 0 Å². The van der Waals surface area contributed by atoms with Crippen LogP contribution in [0.2, 0.25) is 0 Å². The zero-order chi connectivity index (χ0) is 20.4. The fourth-order valence-electron chi connectivity index (χ4n) is 3.74. The molecule has 1 atom stereocenters. The summed E-state index contributed by atoms with van der Waals surface area (Å²) in [5, 5.41) is 8.76. The van der Waals surface area contributed by atoms with E-state index < -0.39 is 0 Å². The van der Waals surface area contributed by atoms with Crippen LogP contribution in [0.25, 0.3) is 17.2 Å². The van der Waals surface area contributed by atoms with Crippen molar-refractivity contribution in [2.24, 2.45) is 5.92 Å². The number of rotatable bonds is 4. The lowest BCUT2D eigenvalue weighted by Gasteiger charge is -2.32. The van der Waals surface area contributed by atoms with Crippen molar-refractivity contribution in [1.82, 2.24) is 24.3 Å². The van der Waals surface area contributed by atoms with E-state index in [0.29, 0.717) is 48.1 Å². The molecular formula is C20H20FN7O. The van der Waals surface area contributed by atoms with Crippen LogP contribution >= 0.6 is 0 Å². The standard InChI is InChI=1S/C20H20FN7O/c21-14-3-4-18-24-10-17(28(18)12-14)20-25-9-15(23)16(26-20)8-13-2-1-7-27(11-13)19(29)5-6-22/h3-4,9-10,12-13H,1-2,5,7-8,11,23H2/t13-/m0/s1. The number of anilines is 1. The number of nitrogens with zero attached hydrogens (tertiary/aromatic N) is 6. The molecule has 0 spiro atoms. The minimum atomic E-state index is -0.378. The second kappa shape index (κ2) is 7.83. The van der Waals surface area contributed by atoms with Crippen LogP contribution in [0.1, 0.15) is 25.0 Å². The number of amides is 1. The smallest absolute Gasteiger partial charge is 0.236 e. The molecule has 0 saturated carbocycles. The molecule has 3 aromatic rings. The van der Waals surface area contributed by atoms with Gasteiger partial charge in [0.25, 0.3) is 0 Å². The summed E-state index contributed by atoms with van der Waals surface area (Å²) < 4.78 is 15.3. The van der Waals surface area contributed by atoms with Crippen LogP contribution in [0.5, 0.6) is 0 Å². The molecule has 29 heavy (non-hydrogen) atoms. The Bertz CT molecular complexity index is 1100. The summed E-state index contributed by atoms with van der Waals surface area (Å²) in [5.41, 5.74) is 8.46. The van der Waals surface area contributed by atoms with Gasteiger partial charge in [-0.3, -0.25) is 9.20 Å². The minimum Gasteiger partial charge on any atom is -0.396 e. The van der Waals surface area contributed by atoms with Gasteiger partial charge < -0.3 is 10.6 Å². The van der Waals surface area contributed by atoms with Gasteiger partial charge in [0.15, 0.2) is 5.82 Å². The number of fused-ring (bicyclic) bond motifs is 1. The number of halogens is 1. The number of likely N-dealkylation sites (tertiary alicyclic amines) is 1. The maximum Gasteiger partial charge on any atom is 0.236 e. The van der Waals surface area contributed by atoms with E-state index in [-0.39, 0.29) is 24.1 Å². The predicted molar refractivity (Wildman–Crippen MR) is 104 cm³/mol. The van der Waals surface area contributed by atoms with Gasteiger partial charge in [-0.05, 0) is 37.3 Å². The summed E-state index contributed by atoms with van der Waals surface area (Å²) in [6, 6.07) is 4.85. The fourth-order valence-corrected chi connectivity index (χ4v) is 3.74. The minimum absolute atomic E-state index is 0.0998. The van der Waals surface area contributed by atoms with Crippen molar-refractivity contribution in [3.05, 3.63) is 42.2 Å². The van der Waals surface area contributed by atoms with Crippen LogP contribution in [0.15, 0.2) is 30.7 Å². The van der Waals surface area contributed by atoms with Crippen LogP contribution in [0.3, 0.4) is 0 Å². The van der Waals surface area contributed by atoms with Crippen molar-refractivity contribution < 1.29 is 9.18 Å². The average Bonchev–Trinajstić information content (AvgIpc) is 3.13. The van der Waals surface area contributed by atoms with Crippen molar-refractivity contribution in [2.75, 3.05) is 18.8 Å². The topological polar surface area (TPSA) is 113 Å². The van der Waals surface area contributed by atoms with E-state index in [4.69, 9.17) is 11.0 Å². The molecule has 4 rings (SSSR count). The summed E-state index contributed by atoms with van der Waals surface area (Å²) in [6.07, 6.45) is 6.84. The Morgan fingerprint density at radius 1 is 1.34 bits per heavy atom. The average molecular weight is 393 g/mol. The highest BCUT2D eigenvalue weighted by molar-refractivity contribution is 5.78. The quantitative estimate of drug-likeness (QED) is 0.727. The predicted octanol–water partition coefficient (Wildman–Crippen LogP) is 2.21. The number of hydrogen-bond donors (Lipinski definition) is 1. The Morgan fingerprint density at radius 3 is 3.03 bits per heavy atom. The van der Waals surface area contributed by atoms with Crippen LogP contribution in [0, 0.1) is 23.1 Å². The lowest BCUT2D eigenvalue weighted by molar-refractivity contribution is -0.131. The van der Waals surface area contributed by atoms with Crippen molar-refractivity contribution in [1.29, 1.82) is 5.26 Å². The van der Waals surface area contributed by atoms with Gasteiger partial charge in [0.1, 0.15) is 23.6 Å². The molecule has 1 amide bonds. The van der Waals surface area contributed by atoms with E-state index in [1.807, 2.05) is 6.07 Å². The highest BCUT2D eigenvalue weighted by Gasteiger charge is 2.25. The third-order valence-corrected chi connectivity index (χ3v) is 5.18. The van der Waals surface area contributed by atoms with E-state index in [9.17, 15) is 9.18 Å². The highest BCUT2D eigenvalue weighted by atomic mass is 19.1. The molecule has 0 radical (unpaired) electrons. The Balaban J connectivity index is 1.58. The number of aromatic nitrogens is 4. The molecule has 9 heteroatoms. The molecule has 1 aliphatic heterocycles. The normalized spacial score (nSPS) is 16.7. The first-order chi connectivity index (χ1) is 14.0. The second-order valence-corrected chi connectivity index (χ2v) is 7.20. The van der Waals surface area contributed by atoms with Gasteiger partial charge in [-0.15, -0.1) is 0 Å². The SMILES string of the molecule is N#CCC(=O)N1CCC[C@@H](Cc2nc(-c3cnc4ccc(F)cn34)ncc2N)C1. The molecule has 1 fully saturated rings. The molecule has 0 aromatic carbocycles. The van der Waals surface area contributed by atoms with E-state index >= 15 is 0 Å². The number of piperidine rings is 1. The Morgan fingerprint density at radius 2 is 2.21 bits per heavy atom. The Kier molecular flexibility index (Phi) is 5.08. The first-order valence-electron chi connectivity index (χ1n) is 9.44. The molecule has 4 heterocycles. The zero-order valence-corrected chi connectivity index (χ0v) is 15.8. The van der Waals surface area contributed by atoms with Crippen molar-refractivity contribution >= 4 is 17.2 Å². The highest BCUT2D eigenvalue weighted by Crippen LogP contribution is 2.25. The van der Waals surface area contributed by atoms with Crippen molar-refractivity contribution in [3.8, 4) is 17.6 Å². The Labute approximate surface area is 166 Å². The van der Waals surface area contributed by atoms with Crippen LogP contribution < -0.4 is 5.73 Å². The molecular weight excluding hydrogens is 373 g/mol. The lowest BCUT2D eigenvalue weighted by Crippen LogP contribution is -2.40. The zero-order valence-electron chi connectivity index (χ0n) is 15.8. The van der Waals surface area contributed by atoms with Crippen molar-refractivity contribution in [2.45, 2.75) is 25.7 Å². The number of hydrogen-bond acceptors (Lipinski definition) is 6. The molecule has 3 aromatic heterocycles. The first kappa shape index (κ1) is 18.8. The number of carbonyl (C=O) groups excluding carboxylic acids is 1. The Hall–Kier alpha value is -3.54. The molecule has 0 aliphatic carbocycles. The number of nitrogen functional groups attached to an aromatic ring is 1. The third kappa shape index (κ3) is 3.87. The molecule has 148 valence electrons. The van der Waals surface area contributed by atoms with Gasteiger partial charge in [0.2, 0.25) is 5.91 Å². The first-order valence-corrected chi connectivity index (χ1v) is 9.44. The molecule has 8 nitrogen and oxygen atoms in total. The van der Waals surface area contributed by atoms with Crippen LogP contribution in [-0.2, 0) is 11.2 Å². The molecule has 0 unspecified atom stereocenters. The van der Waals surface area contributed by atoms with Crippen LogP contribution in [-0.4, -0.2) is 43.2 Å². The molecule has 0 bridgehead atoms. The van der Waals surface area contributed by atoms with Crippen LogP contribution in [0.4, 0.5) is 10.1 Å². The van der Waals surface area contributed by atoms with Gasteiger partial charge in [0.05, 0.1) is 29.8 Å². The van der Waals surface area contributed by atoms with E-state index in [2.05, 4.69) is 15.0 Å². The summed E-state index contributed by atoms with van der Waals surface area (Å²) >= 11 is 0. The second-order valence-electron chi connectivity index (χ2n) is 7.20. The summed E-state index contributed by atoms with van der Waals surface area (Å²) in [4.78, 5) is 27.0. The molecule has 1 aliphatic rings. The third-order valence-electron chi connectivity index (χ3n) is 5.18. The summed E-state index contributed by atoms with van der Waals surface area (Å²) in [7, 11) is 0. The van der Waals surface area contributed by atoms with Gasteiger partial charge >= 0.3 is 0 Å². The molecule has 2 N–H and O–H groups in total. The fraction of sp³-hybridized carbons (Fsp3) is 0.350. The van der Waals surface area contributed by atoms with E-state index in [1.54, 1.807) is 27.8 Å². The summed E-state index contributed by atoms with van der Waals surface area (Å²) in [6.45, 7) is 1.26. The van der Waals surface area contributed by atoms with Gasteiger partial charge in [0, 0.05) is 19.3 Å². The van der Waals surface area contributed by atoms with Gasteiger partial charge in [-0.2, -0.15) is 5.26 Å². The van der Waals surface area contributed by atoms with Gasteiger partial charge in [-0.25, -0.2) is 19.3 Å². The number of carbonyl (C=O) groups is 1. The number of imidazole rings is 1. The van der Waals surface area contributed by atoms with E-state index in [1.165, 1.54) is 12.3 Å². The lowest BCUT2D eigenvalue weighted by atomic mass is 9.92. The molecule has 1 saturated heterocycles. The largest absolute Gasteiger partial charge is 0.396 e. The van der Waals surface area contributed by atoms with E-state index in [0.717, 1.165) is 12.8 Å². The number of nitriles is 1. The number of nitrogens with two attached hydrogens (primary N) is 1. The monoisotopic (exact) mass is 393 g/mol. The number of pyridine rings is 1. The van der Waals surface area contributed by atoms with Gasteiger partial charge in [-0.1, -0.05) is 0 Å². The maximum absolute atomic E-state index is 13.7. The summed E-state index contributed by atoms with van der Waals surface area (Å²) in [5.74, 6) is 0.106. The maximum atomic E-state index is 13.7.